The maximum absolute atomic E-state index is 10.5. The SMILES string of the molecule is CCC(=O)On1ncnn1. The van der Waals surface area contributed by atoms with E-state index in [9.17, 15) is 4.79 Å². The highest BCUT2D eigenvalue weighted by atomic mass is 16.7. The minimum Gasteiger partial charge on any atom is -0.301 e. The summed E-state index contributed by atoms with van der Waals surface area (Å²) in [5.41, 5.74) is 0. The highest BCUT2D eigenvalue weighted by molar-refractivity contribution is 5.68. The van der Waals surface area contributed by atoms with Crippen LogP contribution >= 0.6 is 0 Å². The van der Waals surface area contributed by atoms with Gasteiger partial charge >= 0.3 is 5.97 Å². The third-order valence-corrected chi connectivity index (χ3v) is 0.802. The van der Waals surface area contributed by atoms with Gasteiger partial charge in [-0.05, 0) is 5.21 Å². The Labute approximate surface area is 56.7 Å². The molecule has 6 nitrogen and oxygen atoms in total. The van der Waals surface area contributed by atoms with E-state index in [0.29, 0.717) is 6.42 Å². The molecule has 0 aliphatic heterocycles. The van der Waals surface area contributed by atoms with E-state index in [-0.39, 0.29) is 0 Å². The van der Waals surface area contributed by atoms with Crippen LogP contribution in [0.5, 0.6) is 0 Å². The lowest BCUT2D eigenvalue weighted by atomic mass is 10.5. The Morgan fingerprint density at radius 1 is 1.80 bits per heavy atom. The molecule has 0 unspecified atom stereocenters. The first-order chi connectivity index (χ1) is 4.83. The normalized spacial score (nSPS) is 9.30. The molecule has 54 valence electrons. The van der Waals surface area contributed by atoms with Gasteiger partial charge in [0, 0.05) is 11.4 Å². The number of hydrogen-bond donors (Lipinski definition) is 0. The van der Waals surface area contributed by atoms with Crippen molar-refractivity contribution < 1.29 is 9.63 Å². The van der Waals surface area contributed by atoms with E-state index >= 15 is 0 Å². The molecule has 0 aliphatic rings. The number of tetrazole rings is 1. The average Bonchev–Trinajstić information content (AvgIpc) is 2.40. The third-order valence-electron chi connectivity index (χ3n) is 0.802. The number of aromatic nitrogens is 4. The number of hydrogen-bond acceptors (Lipinski definition) is 5. The maximum atomic E-state index is 10.5. The predicted octanol–water partition coefficient (Wildman–Crippen LogP) is -0.962. The van der Waals surface area contributed by atoms with E-state index in [2.05, 4.69) is 20.2 Å². The van der Waals surface area contributed by atoms with E-state index in [4.69, 9.17) is 0 Å². The number of rotatable bonds is 2. The fraction of sp³-hybridized carbons (Fsp3) is 0.500. The molecule has 6 heteroatoms. The summed E-state index contributed by atoms with van der Waals surface area (Å²) in [6.07, 6.45) is 1.48. The van der Waals surface area contributed by atoms with Crippen molar-refractivity contribution in [3.05, 3.63) is 6.33 Å². The van der Waals surface area contributed by atoms with E-state index in [0.717, 1.165) is 4.96 Å². The monoisotopic (exact) mass is 142 g/mol. The highest BCUT2D eigenvalue weighted by Gasteiger charge is 2.00. The summed E-state index contributed by atoms with van der Waals surface area (Å²) in [7, 11) is 0. The Balaban J connectivity index is 2.48. The predicted molar refractivity (Wildman–Crippen MR) is 29.7 cm³/mol. The fourth-order valence-corrected chi connectivity index (χ4v) is 0.355. The number of carbonyl (C=O) groups is 1. The summed E-state index contributed by atoms with van der Waals surface area (Å²) in [4.78, 5) is 15.8. The molecule has 1 aromatic rings. The Hall–Kier alpha value is -1.46. The van der Waals surface area contributed by atoms with Gasteiger partial charge in [0.25, 0.3) is 0 Å². The fourth-order valence-electron chi connectivity index (χ4n) is 0.355. The van der Waals surface area contributed by atoms with Crippen molar-refractivity contribution in [1.82, 2.24) is 20.4 Å². The van der Waals surface area contributed by atoms with Crippen LogP contribution in [0.1, 0.15) is 13.3 Å². The zero-order chi connectivity index (χ0) is 7.40. The summed E-state index contributed by atoms with van der Waals surface area (Å²) in [5, 5.41) is 10.1. The van der Waals surface area contributed by atoms with Gasteiger partial charge in [-0.3, -0.25) is 0 Å². The Kier molecular flexibility index (Phi) is 1.93. The Morgan fingerprint density at radius 3 is 3.10 bits per heavy atom. The van der Waals surface area contributed by atoms with Crippen molar-refractivity contribution in [2.24, 2.45) is 0 Å². The molecule has 0 saturated carbocycles. The molecule has 1 aromatic heterocycles. The minimum absolute atomic E-state index is 0.293. The van der Waals surface area contributed by atoms with Crippen LogP contribution in [0.4, 0.5) is 0 Å². The van der Waals surface area contributed by atoms with Gasteiger partial charge in [-0.15, -0.1) is 10.2 Å². The first kappa shape index (κ1) is 6.66. The maximum Gasteiger partial charge on any atom is 0.336 e. The highest BCUT2D eigenvalue weighted by Crippen LogP contribution is 1.76. The largest absolute Gasteiger partial charge is 0.336 e. The average molecular weight is 142 g/mol. The first-order valence-corrected chi connectivity index (χ1v) is 2.77. The molecule has 0 fully saturated rings. The van der Waals surface area contributed by atoms with Crippen molar-refractivity contribution in [2.45, 2.75) is 13.3 Å². The van der Waals surface area contributed by atoms with Crippen molar-refractivity contribution in [2.75, 3.05) is 0 Å². The Bertz CT molecular complexity index is 207. The zero-order valence-corrected chi connectivity index (χ0v) is 5.39. The van der Waals surface area contributed by atoms with Crippen LogP contribution in [0.2, 0.25) is 0 Å². The lowest BCUT2D eigenvalue weighted by molar-refractivity contribution is -0.147. The molecule has 0 amide bonds. The van der Waals surface area contributed by atoms with Gasteiger partial charge in [-0.2, -0.15) is 0 Å². The summed E-state index contributed by atoms with van der Waals surface area (Å²) >= 11 is 0. The summed E-state index contributed by atoms with van der Waals surface area (Å²) in [6, 6.07) is 0. The van der Waals surface area contributed by atoms with Crippen molar-refractivity contribution in [1.29, 1.82) is 0 Å². The number of nitrogens with zero attached hydrogens (tertiary/aromatic N) is 4. The van der Waals surface area contributed by atoms with Crippen LogP contribution in [0.15, 0.2) is 6.33 Å². The molecule has 1 heterocycles. The second-order valence-corrected chi connectivity index (χ2v) is 1.51. The van der Waals surface area contributed by atoms with Gasteiger partial charge in [0.05, 0.1) is 0 Å². The molecule has 0 radical (unpaired) electrons. The quantitative estimate of drug-likeness (QED) is 0.497. The first-order valence-electron chi connectivity index (χ1n) is 2.77. The minimum atomic E-state index is -0.391. The van der Waals surface area contributed by atoms with E-state index < -0.39 is 5.97 Å². The second kappa shape index (κ2) is 2.90. The topological polar surface area (TPSA) is 69.9 Å². The summed E-state index contributed by atoms with van der Waals surface area (Å²) in [5.74, 6) is -0.391. The molecular weight excluding hydrogens is 136 g/mol. The van der Waals surface area contributed by atoms with Gasteiger partial charge < -0.3 is 4.84 Å². The molecule has 0 N–H and O–H groups in total. The molecule has 10 heavy (non-hydrogen) atoms. The molecule has 0 bridgehead atoms. The van der Waals surface area contributed by atoms with Crippen LogP contribution in [0, 0.1) is 0 Å². The molecule has 1 rings (SSSR count). The zero-order valence-electron chi connectivity index (χ0n) is 5.39. The molecule has 0 aliphatic carbocycles. The van der Waals surface area contributed by atoms with Gasteiger partial charge in [0.1, 0.15) is 0 Å². The second-order valence-electron chi connectivity index (χ2n) is 1.51. The van der Waals surface area contributed by atoms with E-state index in [1.54, 1.807) is 6.92 Å². The van der Waals surface area contributed by atoms with Gasteiger partial charge in [0.2, 0.25) is 0 Å². The molecule has 0 saturated heterocycles. The van der Waals surface area contributed by atoms with Gasteiger partial charge in [-0.25, -0.2) is 4.79 Å². The van der Waals surface area contributed by atoms with Crippen LogP contribution in [-0.2, 0) is 4.79 Å². The van der Waals surface area contributed by atoms with Crippen LogP contribution in [0.25, 0.3) is 0 Å². The molecule has 0 aromatic carbocycles. The van der Waals surface area contributed by atoms with E-state index in [1.165, 1.54) is 6.33 Å². The van der Waals surface area contributed by atoms with Crippen LogP contribution in [-0.4, -0.2) is 26.3 Å². The standard InChI is InChI=1S/C4H6N4O2/c1-2-4(9)10-8-6-3-5-7-8/h3H,2H2,1H3. The lowest BCUT2D eigenvalue weighted by Crippen LogP contribution is -2.21. The van der Waals surface area contributed by atoms with E-state index in [1.807, 2.05) is 0 Å². The summed E-state index contributed by atoms with van der Waals surface area (Å²) < 4.78 is 0. The number of carbonyl (C=O) groups excluding carboxylic acids is 1. The van der Waals surface area contributed by atoms with Crippen LogP contribution in [0.3, 0.4) is 0 Å². The lowest BCUT2D eigenvalue weighted by Gasteiger charge is -1.94. The molecular formula is C4H6N4O2. The van der Waals surface area contributed by atoms with Crippen LogP contribution < -0.4 is 4.84 Å². The smallest absolute Gasteiger partial charge is 0.301 e. The Morgan fingerprint density at radius 2 is 2.60 bits per heavy atom. The summed E-state index contributed by atoms with van der Waals surface area (Å²) in [6.45, 7) is 1.68. The van der Waals surface area contributed by atoms with Gasteiger partial charge in [-0.1, -0.05) is 6.92 Å². The molecule has 0 spiro atoms. The van der Waals surface area contributed by atoms with Crippen molar-refractivity contribution in [3.63, 3.8) is 0 Å². The molecule has 0 atom stereocenters. The van der Waals surface area contributed by atoms with Gasteiger partial charge in [0.15, 0.2) is 6.33 Å². The van der Waals surface area contributed by atoms with Crippen molar-refractivity contribution >= 4 is 5.97 Å². The van der Waals surface area contributed by atoms with Crippen molar-refractivity contribution in [3.8, 4) is 0 Å². The third kappa shape index (κ3) is 1.51.